The minimum atomic E-state index is -0.261. The van der Waals surface area contributed by atoms with Crippen molar-refractivity contribution in [2.45, 2.75) is 12.8 Å². The molecule has 33 heavy (non-hydrogen) atoms. The summed E-state index contributed by atoms with van der Waals surface area (Å²) in [6.45, 7) is 2.05. The van der Waals surface area contributed by atoms with Gasteiger partial charge in [-0.2, -0.15) is 5.10 Å². The van der Waals surface area contributed by atoms with E-state index in [4.69, 9.17) is 4.74 Å². The number of nitrogens with zero attached hydrogens (tertiary/aromatic N) is 2. The number of benzene rings is 3. The lowest BCUT2D eigenvalue weighted by Gasteiger charge is -2.17. The number of rotatable bonds is 8. The quantitative estimate of drug-likeness (QED) is 0.407. The average Bonchev–Trinajstić information content (AvgIpc) is 3.39. The van der Waals surface area contributed by atoms with E-state index in [1.165, 1.54) is 12.8 Å². The van der Waals surface area contributed by atoms with Crippen molar-refractivity contribution in [3.63, 3.8) is 0 Å². The molecule has 2 N–H and O–H groups in total. The summed E-state index contributed by atoms with van der Waals surface area (Å²) in [6, 6.07) is 23.9. The van der Waals surface area contributed by atoms with Crippen LogP contribution in [0.25, 0.3) is 0 Å². The van der Waals surface area contributed by atoms with E-state index in [2.05, 4.69) is 20.7 Å². The molecule has 3 aromatic rings. The standard InChI is InChI=1S/C26H26N4O3/c31-25(28-22-6-2-1-3-7-22)19-33-24-14-8-20(9-15-24)18-27-29-26(32)21-10-12-23(13-11-21)30-16-4-5-17-30/h1-3,6-15,18H,4-5,16-17,19H2,(H,28,31)(H,29,32)/b27-18-. The highest BCUT2D eigenvalue weighted by molar-refractivity contribution is 5.95. The van der Waals surface area contributed by atoms with Crippen LogP contribution in [0.2, 0.25) is 0 Å². The third kappa shape index (κ3) is 6.43. The van der Waals surface area contributed by atoms with Gasteiger partial charge in [-0.25, -0.2) is 5.43 Å². The summed E-state index contributed by atoms with van der Waals surface area (Å²) in [5.41, 5.74) is 5.77. The predicted octanol–water partition coefficient (Wildman–Crippen LogP) is 4.07. The van der Waals surface area contributed by atoms with Crippen LogP contribution in [0.4, 0.5) is 11.4 Å². The highest BCUT2D eigenvalue weighted by Gasteiger charge is 2.13. The number of hydrazone groups is 1. The molecule has 2 amide bonds. The van der Waals surface area contributed by atoms with Crippen LogP contribution in [0.5, 0.6) is 5.75 Å². The van der Waals surface area contributed by atoms with Crippen molar-refractivity contribution in [1.82, 2.24) is 5.43 Å². The summed E-state index contributed by atoms with van der Waals surface area (Å²) in [5.74, 6) is 0.0732. The van der Waals surface area contributed by atoms with Gasteiger partial charge >= 0.3 is 0 Å². The Balaban J connectivity index is 1.22. The molecule has 3 aromatic carbocycles. The van der Waals surface area contributed by atoms with Gasteiger partial charge in [-0.1, -0.05) is 18.2 Å². The zero-order chi connectivity index (χ0) is 22.9. The fourth-order valence-corrected chi connectivity index (χ4v) is 3.55. The van der Waals surface area contributed by atoms with Crippen LogP contribution in [-0.4, -0.2) is 37.7 Å². The normalized spacial score (nSPS) is 13.2. The molecule has 0 atom stereocenters. The number of ether oxygens (including phenoxy) is 1. The highest BCUT2D eigenvalue weighted by Crippen LogP contribution is 2.20. The van der Waals surface area contributed by atoms with Crippen molar-refractivity contribution in [1.29, 1.82) is 0 Å². The number of hydrogen-bond acceptors (Lipinski definition) is 5. The summed E-state index contributed by atoms with van der Waals surface area (Å²) >= 11 is 0. The number of anilines is 2. The molecule has 1 aliphatic rings. The van der Waals surface area contributed by atoms with Crippen molar-refractivity contribution in [2.75, 3.05) is 29.9 Å². The lowest BCUT2D eigenvalue weighted by Crippen LogP contribution is -2.20. The first-order valence-electron chi connectivity index (χ1n) is 10.9. The topological polar surface area (TPSA) is 83.0 Å². The molecule has 1 fully saturated rings. The number of amides is 2. The molecule has 168 valence electrons. The fourth-order valence-electron chi connectivity index (χ4n) is 3.55. The second-order valence-corrected chi connectivity index (χ2v) is 7.71. The van der Waals surface area contributed by atoms with Crippen molar-refractivity contribution in [3.8, 4) is 5.75 Å². The van der Waals surface area contributed by atoms with E-state index >= 15 is 0 Å². The van der Waals surface area contributed by atoms with Gasteiger partial charge in [-0.3, -0.25) is 9.59 Å². The van der Waals surface area contributed by atoms with E-state index in [1.807, 2.05) is 54.6 Å². The van der Waals surface area contributed by atoms with Gasteiger partial charge in [-0.15, -0.1) is 0 Å². The lowest BCUT2D eigenvalue weighted by molar-refractivity contribution is -0.118. The Morgan fingerprint density at radius 3 is 2.30 bits per heavy atom. The zero-order valence-corrected chi connectivity index (χ0v) is 18.2. The fraction of sp³-hybridized carbons (Fsp3) is 0.192. The van der Waals surface area contributed by atoms with Gasteiger partial charge in [-0.05, 0) is 79.1 Å². The minimum Gasteiger partial charge on any atom is -0.484 e. The van der Waals surface area contributed by atoms with Crippen LogP contribution in [0, 0.1) is 0 Å². The molecule has 0 aromatic heterocycles. The third-order valence-electron chi connectivity index (χ3n) is 5.29. The number of carbonyl (C=O) groups excluding carboxylic acids is 2. The number of para-hydroxylation sites is 1. The molecule has 0 spiro atoms. The van der Waals surface area contributed by atoms with Crippen molar-refractivity contribution in [2.24, 2.45) is 5.10 Å². The maximum Gasteiger partial charge on any atom is 0.271 e. The van der Waals surface area contributed by atoms with Gasteiger partial charge in [0.1, 0.15) is 5.75 Å². The van der Waals surface area contributed by atoms with Gasteiger partial charge in [0, 0.05) is 30.0 Å². The summed E-state index contributed by atoms with van der Waals surface area (Å²) < 4.78 is 5.51. The summed E-state index contributed by atoms with van der Waals surface area (Å²) in [4.78, 5) is 26.6. The van der Waals surface area contributed by atoms with Crippen LogP contribution in [-0.2, 0) is 4.79 Å². The molecule has 0 unspecified atom stereocenters. The van der Waals surface area contributed by atoms with Gasteiger partial charge in [0.05, 0.1) is 6.21 Å². The van der Waals surface area contributed by atoms with Crippen LogP contribution < -0.4 is 20.4 Å². The second kappa shape index (κ2) is 10.9. The molecule has 1 aliphatic heterocycles. The smallest absolute Gasteiger partial charge is 0.271 e. The van der Waals surface area contributed by atoms with Gasteiger partial charge in [0.2, 0.25) is 0 Å². The highest BCUT2D eigenvalue weighted by atomic mass is 16.5. The molecule has 1 heterocycles. The first-order valence-corrected chi connectivity index (χ1v) is 10.9. The van der Waals surface area contributed by atoms with Crippen LogP contribution in [0.1, 0.15) is 28.8 Å². The van der Waals surface area contributed by atoms with Gasteiger partial charge in [0.15, 0.2) is 6.61 Å². The van der Waals surface area contributed by atoms with E-state index in [-0.39, 0.29) is 18.4 Å². The van der Waals surface area contributed by atoms with Crippen molar-refractivity contribution >= 4 is 29.4 Å². The Hall–Kier alpha value is -4.13. The molecule has 7 heteroatoms. The van der Waals surface area contributed by atoms with E-state index < -0.39 is 0 Å². The lowest BCUT2D eigenvalue weighted by atomic mass is 10.2. The molecule has 0 aliphatic carbocycles. The molecule has 7 nitrogen and oxygen atoms in total. The Labute approximate surface area is 193 Å². The molecule has 4 rings (SSSR count). The Morgan fingerprint density at radius 2 is 1.61 bits per heavy atom. The second-order valence-electron chi connectivity index (χ2n) is 7.71. The van der Waals surface area contributed by atoms with Crippen molar-refractivity contribution < 1.29 is 14.3 Å². The summed E-state index contributed by atoms with van der Waals surface area (Å²) in [6.07, 6.45) is 3.99. The largest absolute Gasteiger partial charge is 0.484 e. The Bertz CT molecular complexity index is 1090. The Kier molecular flexibility index (Phi) is 7.33. The van der Waals surface area contributed by atoms with E-state index in [0.717, 1.165) is 30.0 Å². The van der Waals surface area contributed by atoms with Crippen molar-refractivity contribution in [3.05, 3.63) is 90.0 Å². The third-order valence-corrected chi connectivity index (χ3v) is 5.29. The van der Waals surface area contributed by atoms with Gasteiger partial charge < -0.3 is 15.0 Å². The van der Waals surface area contributed by atoms with Crippen LogP contribution in [0.3, 0.4) is 0 Å². The molecule has 0 radical (unpaired) electrons. The zero-order valence-electron chi connectivity index (χ0n) is 18.2. The minimum absolute atomic E-state index is 0.0884. The molecular formula is C26H26N4O3. The van der Waals surface area contributed by atoms with E-state index in [1.54, 1.807) is 30.5 Å². The number of carbonyl (C=O) groups is 2. The van der Waals surface area contributed by atoms with Gasteiger partial charge in [0.25, 0.3) is 11.8 Å². The van der Waals surface area contributed by atoms with Crippen LogP contribution in [0.15, 0.2) is 84.0 Å². The average molecular weight is 443 g/mol. The molecule has 0 bridgehead atoms. The number of nitrogens with one attached hydrogen (secondary N) is 2. The van der Waals surface area contributed by atoms with E-state index in [9.17, 15) is 9.59 Å². The molecule has 1 saturated heterocycles. The first-order chi connectivity index (χ1) is 16.2. The SMILES string of the molecule is O=C(COc1ccc(/C=N\NC(=O)c2ccc(N3CCCC3)cc2)cc1)Nc1ccccc1. The maximum atomic E-state index is 12.3. The van der Waals surface area contributed by atoms with Crippen LogP contribution >= 0.6 is 0 Å². The maximum absolute atomic E-state index is 12.3. The van der Waals surface area contributed by atoms with E-state index in [0.29, 0.717) is 11.3 Å². The molecule has 0 saturated carbocycles. The first kappa shape index (κ1) is 22.1. The summed E-state index contributed by atoms with van der Waals surface area (Å²) in [5, 5.41) is 6.79. The number of hydrogen-bond donors (Lipinski definition) is 2. The molecular weight excluding hydrogens is 416 g/mol. The Morgan fingerprint density at radius 1 is 0.909 bits per heavy atom. The predicted molar refractivity (Wildman–Crippen MR) is 130 cm³/mol. The monoisotopic (exact) mass is 442 g/mol. The summed E-state index contributed by atoms with van der Waals surface area (Å²) in [7, 11) is 0.